The molecule has 6 N–H and O–H groups in total. The first-order valence-corrected chi connectivity index (χ1v) is 12.2. The third-order valence-corrected chi connectivity index (χ3v) is 5.54. The normalized spacial score (nSPS) is 14.5. The van der Waals surface area contributed by atoms with Crippen molar-refractivity contribution in [1.29, 1.82) is 0 Å². The standard InChI is InChI=1S/C15H18N2.C11H12O2.C6H8O2/c1-15(2,11-3-7-13(16)8-4-11)12-5-9-14(17)10-6-12;1-9-3-2-4-10(6-5-9)7-8-11(12)13;1-2-3-4-5-6(7)8/h3-10H,16-17H2,1-2H3;2-9H,1H3,(H,12,13);2,4-5H,1,3H2,(H,7,8)/b;8-7+;5-4+. The van der Waals surface area contributed by atoms with Crippen LogP contribution >= 0.6 is 0 Å². The third kappa shape index (κ3) is 12.4. The minimum Gasteiger partial charge on any atom is -0.478 e. The average molecular weight is 515 g/mol. The summed E-state index contributed by atoms with van der Waals surface area (Å²) in [6, 6.07) is 16.1. The van der Waals surface area contributed by atoms with Gasteiger partial charge in [-0.05, 0) is 59.4 Å². The Balaban J connectivity index is 0.000000306. The van der Waals surface area contributed by atoms with E-state index in [1.165, 1.54) is 17.2 Å². The van der Waals surface area contributed by atoms with Crippen LogP contribution in [0.1, 0.15) is 38.3 Å². The first kappa shape index (κ1) is 31.4. The number of carboxylic acid groups (broad SMARTS) is 2. The Hall–Kier alpha value is -4.58. The van der Waals surface area contributed by atoms with E-state index in [4.69, 9.17) is 21.7 Å². The number of benzene rings is 2. The van der Waals surface area contributed by atoms with Gasteiger partial charge in [0.2, 0.25) is 0 Å². The zero-order valence-corrected chi connectivity index (χ0v) is 22.2. The van der Waals surface area contributed by atoms with Crippen LogP contribution in [0.15, 0.2) is 121 Å². The molecule has 200 valence electrons. The number of aliphatic carboxylic acids is 2. The molecule has 1 aliphatic rings. The lowest BCUT2D eigenvalue weighted by molar-refractivity contribution is -0.132. The first-order valence-electron chi connectivity index (χ1n) is 12.2. The predicted molar refractivity (Wildman–Crippen MR) is 158 cm³/mol. The van der Waals surface area contributed by atoms with Crippen molar-refractivity contribution < 1.29 is 19.8 Å². The third-order valence-electron chi connectivity index (χ3n) is 5.54. The Morgan fingerprint density at radius 2 is 1.39 bits per heavy atom. The van der Waals surface area contributed by atoms with Crippen molar-refractivity contribution in [3.63, 3.8) is 0 Å². The van der Waals surface area contributed by atoms with E-state index in [0.717, 1.165) is 29.1 Å². The SMILES string of the molecule is C=CC/C=C/C(=O)O.CC(C)(c1ccc(N)cc1)c1ccc(N)cc1.CC1C=CC=C(/C=C/C(=O)O)C=C1. The van der Waals surface area contributed by atoms with Gasteiger partial charge in [-0.15, -0.1) is 6.58 Å². The van der Waals surface area contributed by atoms with Gasteiger partial charge in [0.25, 0.3) is 0 Å². The molecule has 0 amide bonds. The molecule has 1 unspecified atom stereocenters. The van der Waals surface area contributed by atoms with Crippen LogP contribution in [0.5, 0.6) is 0 Å². The number of nitrogens with two attached hydrogens (primary N) is 2. The summed E-state index contributed by atoms with van der Waals surface area (Å²) in [7, 11) is 0. The van der Waals surface area contributed by atoms with Crippen molar-refractivity contribution in [2.24, 2.45) is 5.92 Å². The molecule has 2 aromatic carbocycles. The Morgan fingerprint density at radius 1 is 0.895 bits per heavy atom. The summed E-state index contributed by atoms with van der Waals surface area (Å²) in [5, 5.41) is 16.4. The van der Waals surface area contributed by atoms with Crippen LogP contribution in [0.25, 0.3) is 0 Å². The molecule has 0 heterocycles. The number of carbonyl (C=O) groups is 2. The monoisotopic (exact) mass is 514 g/mol. The van der Waals surface area contributed by atoms with Gasteiger partial charge in [-0.3, -0.25) is 0 Å². The highest BCUT2D eigenvalue weighted by Gasteiger charge is 2.22. The maximum Gasteiger partial charge on any atom is 0.328 e. The molecule has 2 aromatic rings. The second-order valence-corrected chi connectivity index (χ2v) is 9.08. The van der Waals surface area contributed by atoms with Gasteiger partial charge in [0.1, 0.15) is 0 Å². The van der Waals surface area contributed by atoms with Crippen molar-refractivity contribution in [3.05, 3.63) is 133 Å². The van der Waals surface area contributed by atoms with Gasteiger partial charge in [-0.1, -0.05) is 87.6 Å². The highest BCUT2D eigenvalue weighted by Crippen LogP contribution is 2.32. The molecule has 1 atom stereocenters. The smallest absolute Gasteiger partial charge is 0.328 e. The number of rotatable bonds is 7. The molecular weight excluding hydrogens is 476 g/mol. The van der Waals surface area contributed by atoms with Gasteiger partial charge in [-0.2, -0.15) is 0 Å². The van der Waals surface area contributed by atoms with Gasteiger partial charge in [0.15, 0.2) is 0 Å². The van der Waals surface area contributed by atoms with Crippen molar-refractivity contribution in [1.82, 2.24) is 0 Å². The van der Waals surface area contributed by atoms with Crippen LogP contribution in [0.4, 0.5) is 11.4 Å². The fraction of sp³-hybridized carbons (Fsp3) is 0.188. The minimum atomic E-state index is -0.921. The van der Waals surface area contributed by atoms with E-state index < -0.39 is 11.9 Å². The van der Waals surface area contributed by atoms with E-state index in [9.17, 15) is 9.59 Å². The molecule has 0 aromatic heterocycles. The largest absolute Gasteiger partial charge is 0.478 e. The molecule has 1 aliphatic carbocycles. The van der Waals surface area contributed by atoms with E-state index in [-0.39, 0.29) is 5.41 Å². The van der Waals surface area contributed by atoms with Gasteiger partial charge in [0, 0.05) is 28.9 Å². The summed E-state index contributed by atoms with van der Waals surface area (Å²) in [6.45, 7) is 9.88. The molecule has 0 radical (unpaired) electrons. The van der Waals surface area contributed by atoms with Gasteiger partial charge in [0.05, 0.1) is 0 Å². The molecule has 0 aliphatic heterocycles. The lowest BCUT2D eigenvalue weighted by atomic mass is 9.78. The Morgan fingerprint density at radius 3 is 1.84 bits per heavy atom. The number of nitrogen functional groups attached to an aromatic ring is 2. The summed E-state index contributed by atoms with van der Waals surface area (Å²) in [5.41, 5.74) is 16.4. The molecule has 0 saturated heterocycles. The topological polar surface area (TPSA) is 127 Å². The number of carboxylic acids is 2. The second kappa shape index (κ2) is 16.2. The van der Waals surface area contributed by atoms with Crippen molar-refractivity contribution in [2.75, 3.05) is 11.5 Å². The quantitative estimate of drug-likeness (QED) is 0.185. The fourth-order valence-corrected chi connectivity index (χ4v) is 3.23. The second-order valence-electron chi connectivity index (χ2n) is 9.08. The Bertz CT molecular complexity index is 1150. The van der Waals surface area contributed by atoms with Crippen LogP contribution in [0.2, 0.25) is 0 Å². The average Bonchev–Trinajstić information content (AvgIpc) is 3.08. The summed E-state index contributed by atoms with van der Waals surface area (Å²) in [6.07, 6.45) is 17.4. The molecule has 0 saturated carbocycles. The van der Waals surface area contributed by atoms with Crippen LogP contribution in [0, 0.1) is 5.92 Å². The molecule has 3 rings (SSSR count). The van der Waals surface area contributed by atoms with E-state index in [2.05, 4.69) is 57.7 Å². The molecule has 6 nitrogen and oxygen atoms in total. The summed E-state index contributed by atoms with van der Waals surface area (Å²) < 4.78 is 0. The zero-order valence-electron chi connectivity index (χ0n) is 22.2. The highest BCUT2D eigenvalue weighted by atomic mass is 16.4. The number of anilines is 2. The molecule has 6 heteroatoms. The van der Waals surface area contributed by atoms with Gasteiger partial charge >= 0.3 is 11.9 Å². The predicted octanol–water partition coefficient (Wildman–Crippen LogP) is 6.70. The van der Waals surface area contributed by atoms with E-state index in [1.807, 2.05) is 48.6 Å². The van der Waals surface area contributed by atoms with Gasteiger partial charge < -0.3 is 21.7 Å². The Kier molecular flexibility index (Phi) is 13.4. The van der Waals surface area contributed by atoms with E-state index in [1.54, 1.807) is 12.2 Å². The maximum atomic E-state index is 10.2. The summed E-state index contributed by atoms with van der Waals surface area (Å²) >= 11 is 0. The van der Waals surface area contributed by atoms with Crippen LogP contribution < -0.4 is 11.5 Å². The van der Waals surface area contributed by atoms with Crippen LogP contribution in [-0.4, -0.2) is 22.2 Å². The number of hydrogen-bond acceptors (Lipinski definition) is 4. The van der Waals surface area contributed by atoms with E-state index >= 15 is 0 Å². The minimum absolute atomic E-state index is 0.0403. The Labute approximate surface area is 225 Å². The van der Waals surface area contributed by atoms with E-state index in [0.29, 0.717) is 12.3 Å². The fourth-order valence-electron chi connectivity index (χ4n) is 3.23. The lowest BCUT2D eigenvalue weighted by Gasteiger charge is -2.26. The zero-order chi connectivity index (χ0) is 28.6. The molecular formula is C32H38N2O4. The first-order chi connectivity index (χ1) is 17.9. The van der Waals surface area contributed by atoms with Crippen molar-refractivity contribution in [2.45, 2.75) is 32.6 Å². The summed E-state index contributed by atoms with van der Waals surface area (Å²) in [5.74, 6) is -1.42. The van der Waals surface area contributed by atoms with Gasteiger partial charge in [-0.25, -0.2) is 9.59 Å². The molecule has 0 fully saturated rings. The highest BCUT2D eigenvalue weighted by molar-refractivity contribution is 5.80. The van der Waals surface area contributed by atoms with Crippen LogP contribution in [0.3, 0.4) is 0 Å². The molecule has 0 spiro atoms. The lowest BCUT2D eigenvalue weighted by Crippen LogP contribution is -2.18. The number of allylic oxidation sites excluding steroid dienone is 9. The number of hydrogen-bond donors (Lipinski definition) is 4. The summed E-state index contributed by atoms with van der Waals surface area (Å²) in [4.78, 5) is 20.0. The van der Waals surface area contributed by atoms with Crippen LogP contribution in [-0.2, 0) is 15.0 Å². The maximum absolute atomic E-state index is 10.2. The van der Waals surface area contributed by atoms with Crippen molar-refractivity contribution >= 4 is 23.3 Å². The molecule has 38 heavy (non-hydrogen) atoms. The van der Waals surface area contributed by atoms with Crippen molar-refractivity contribution in [3.8, 4) is 0 Å². The molecule has 0 bridgehead atoms.